The van der Waals surface area contributed by atoms with Crippen molar-refractivity contribution in [3.05, 3.63) is 29.8 Å². The standard InChI is InChI=1S/C19H25NO7S2/c1-28(23,24)17-8-6-14(7-9-17)19(22)27-12-18(21)20(15-4-2-3-5-15)16-10-11-29(25,26)13-16/h6-9,15-16H,2-5,10-13H2,1H3. The fraction of sp³-hybridized carbons (Fsp3) is 0.579. The SMILES string of the molecule is CS(=O)(=O)c1ccc(C(=O)OCC(=O)N(C2CCCC2)C2CCS(=O)(=O)C2)cc1. The second-order valence-corrected chi connectivity index (χ2v) is 11.9. The van der Waals surface area contributed by atoms with Crippen molar-refractivity contribution in [3.8, 4) is 0 Å². The highest BCUT2D eigenvalue weighted by Crippen LogP contribution is 2.29. The molecule has 2 fully saturated rings. The van der Waals surface area contributed by atoms with Crippen LogP contribution in [0.1, 0.15) is 42.5 Å². The average molecular weight is 444 g/mol. The van der Waals surface area contributed by atoms with E-state index < -0.39 is 32.3 Å². The topological polar surface area (TPSA) is 115 Å². The Morgan fingerprint density at radius 2 is 1.69 bits per heavy atom. The number of carbonyl (C=O) groups is 2. The number of benzene rings is 1. The molecule has 1 atom stereocenters. The highest BCUT2D eigenvalue weighted by Gasteiger charge is 2.39. The van der Waals surface area contributed by atoms with Gasteiger partial charge in [0, 0.05) is 18.3 Å². The summed E-state index contributed by atoms with van der Waals surface area (Å²) in [6.45, 7) is -0.473. The van der Waals surface area contributed by atoms with E-state index in [1.54, 1.807) is 4.90 Å². The molecule has 1 aromatic rings. The molecular weight excluding hydrogens is 418 g/mol. The highest BCUT2D eigenvalue weighted by molar-refractivity contribution is 7.91. The van der Waals surface area contributed by atoms with Gasteiger partial charge in [-0.1, -0.05) is 12.8 Å². The normalized spacial score (nSPS) is 21.8. The number of hydrogen-bond donors (Lipinski definition) is 0. The summed E-state index contributed by atoms with van der Waals surface area (Å²) in [5, 5.41) is 0. The highest BCUT2D eigenvalue weighted by atomic mass is 32.2. The van der Waals surface area contributed by atoms with Gasteiger partial charge >= 0.3 is 5.97 Å². The molecule has 160 valence electrons. The van der Waals surface area contributed by atoms with Crippen LogP contribution >= 0.6 is 0 Å². The Hall–Kier alpha value is -1.94. The molecule has 1 aromatic carbocycles. The second-order valence-electron chi connectivity index (χ2n) is 7.67. The Kier molecular flexibility index (Phi) is 6.33. The summed E-state index contributed by atoms with van der Waals surface area (Å²) in [5.74, 6) is -1.10. The summed E-state index contributed by atoms with van der Waals surface area (Å²) < 4.78 is 51.9. The van der Waals surface area contributed by atoms with Crippen molar-refractivity contribution in [1.29, 1.82) is 0 Å². The van der Waals surface area contributed by atoms with Gasteiger partial charge in [-0.3, -0.25) is 4.79 Å². The van der Waals surface area contributed by atoms with Gasteiger partial charge in [0.25, 0.3) is 5.91 Å². The van der Waals surface area contributed by atoms with Crippen LogP contribution in [0.3, 0.4) is 0 Å². The van der Waals surface area contributed by atoms with Gasteiger partial charge in [-0.15, -0.1) is 0 Å². The van der Waals surface area contributed by atoms with Crippen molar-refractivity contribution >= 4 is 31.6 Å². The van der Waals surface area contributed by atoms with Crippen molar-refractivity contribution in [2.24, 2.45) is 0 Å². The van der Waals surface area contributed by atoms with Crippen molar-refractivity contribution in [1.82, 2.24) is 4.90 Å². The quantitative estimate of drug-likeness (QED) is 0.607. The minimum absolute atomic E-state index is 0.0199. The maximum absolute atomic E-state index is 12.8. The molecule has 8 nitrogen and oxygen atoms in total. The van der Waals surface area contributed by atoms with Crippen LogP contribution in [0.2, 0.25) is 0 Å². The number of hydrogen-bond acceptors (Lipinski definition) is 7. The molecule has 29 heavy (non-hydrogen) atoms. The van der Waals surface area contributed by atoms with Crippen LogP contribution in [0.5, 0.6) is 0 Å². The largest absolute Gasteiger partial charge is 0.452 e. The van der Waals surface area contributed by atoms with Gasteiger partial charge in [-0.2, -0.15) is 0 Å². The number of ether oxygens (including phenoxy) is 1. The van der Waals surface area contributed by atoms with Gasteiger partial charge in [0.05, 0.1) is 22.0 Å². The Morgan fingerprint density at radius 3 is 2.21 bits per heavy atom. The first kappa shape index (κ1) is 21.8. The lowest BCUT2D eigenvalue weighted by Crippen LogP contribution is -2.48. The van der Waals surface area contributed by atoms with E-state index in [4.69, 9.17) is 4.74 Å². The number of sulfone groups is 2. The molecule has 10 heteroatoms. The molecule has 0 bridgehead atoms. The Balaban J connectivity index is 1.65. The molecule has 0 N–H and O–H groups in total. The summed E-state index contributed by atoms with van der Waals surface area (Å²) in [4.78, 5) is 26.8. The third kappa shape index (κ3) is 5.36. The summed E-state index contributed by atoms with van der Waals surface area (Å²) in [5.41, 5.74) is 0.140. The van der Waals surface area contributed by atoms with Crippen molar-refractivity contribution in [2.75, 3.05) is 24.4 Å². The van der Waals surface area contributed by atoms with Gasteiger partial charge < -0.3 is 9.64 Å². The van der Waals surface area contributed by atoms with E-state index >= 15 is 0 Å². The average Bonchev–Trinajstić information content (AvgIpc) is 3.29. The van der Waals surface area contributed by atoms with Gasteiger partial charge in [-0.05, 0) is 43.5 Å². The Morgan fingerprint density at radius 1 is 1.07 bits per heavy atom. The molecule has 0 spiro atoms. The van der Waals surface area contributed by atoms with E-state index in [1.165, 1.54) is 24.3 Å². The second kappa shape index (κ2) is 8.43. The van der Waals surface area contributed by atoms with Crippen LogP contribution < -0.4 is 0 Å². The first-order valence-corrected chi connectivity index (χ1v) is 13.3. The van der Waals surface area contributed by atoms with Crippen LogP contribution in [0.4, 0.5) is 0 Å². The third-order valence-electron chi connectivity index (χ3n) is 5.45. The Labute approximate surface area is 171 Å². The summed E-state index contributed by atoms with van der Waals surface area (Å²) in [6.07, 6.45) is 5.10. The molecule has 1 heterocycles. The van der Waals surface area contributed by atoms with Crippen LogP contribution in [0.15, 0.2) is 29.2 Å². The minimum Gasteiger partial charge on any atom is -0.452 e. The predicted molar refractivity (Wildman–Crippen MR) is 106 cm³/mol. The summed E-state index contributed by atoms with van der Waals surface area (Å²) >= 11 is 0. The zero-order valence-corrected chi connectivity index (χ0v) is 17.9. The molecule has 0 aromatic heterocycles. The fourth-order valence-electron chi connectivity index (χ4n) is 4.01. The van der Waals surface area contributed by atoms with Crippen LogP contribution in [-0.2, 0) is 29.2 Å². The maximum Gasteiger partial charge on any atom is 0.338 e. The summed E-state index contributed by atoms with van der Waals surface area (Å²) in [7, 11) is -6.52. The molecular formula is C19H25NO7S2. The number of rotatable bonds is 6. The van der Waals surface area contributed by atoms with E-state index in [9.17, 15) is 26.4 Å². The molecule has 1 amide bonds. The lowest BCUT2D eigenvalue weighted by Gasteiger charge is -2.33. The predicted octanol–water partition coefficient (Wildman–Crippen LogP) is 1.21. The monoisotopic (exact) mass is 443 g/mol. The van der Waals surface area contributed by atoms with Gasteiger partial charge in [0.2, 0.25) is 0 Å². The van der Waals surface area contributed by atoms with Gasteiger partial charge in [0.15, 0.2) is 26.3 Å². The number of esters is 1. The first-order chi connectivity index (χ1) is 13.6. The third-order valence-corrected chi connectivity index (χ3v) is 8.33. The molecule has 3 rings (SSSR count). The minimum atomic E-state index is -3.37. The van der Waals surface area contributed by atoms with E-state index in [1.807, 2.05) is 0 Å². The van der Waals surface area contributed by atoms with Crippen molar-refractivity contribution < 1.29 is 31.2 Å². The molecule has 1 saturated carbocycles. The fourth-order valence-corrected chi connectivity index (χ4v) is 6.35. The van der Waals surface area contributed by atoms with E-state index in [-0.39, 0.29) is 40.0 Å². The molecule has 1 aliphatic heterocycles. The first-order valence-electron chi connectivity index (χ1n) is 9.56. The van der Waals surface area contributed by atoms with E-state index in [0.717, 1.165) is 31.9 Å². The lowest BCUT2D eigenvalue weighted by atomic mass is 10.1. The summed E-state index contributed by atoms with van der Waals surface area (Å²) in [6, 6.07) is 4.89. The lowest BCUT2D eigenvalue weighted by molar-refractivity contribution is -0.139. The van der Waals surface area contributed by atoms with Crippen LogP contribution in [0.25, 0.3) is 0 Å². The van der Waals surface area contributed by atoms with Crippen LogP contribution in [-0.4, -0.2) is 70.1 Å². The molecule has 1 aliphatic carbocycles. The molecule has 2 aliphatic rings. The molecule has 0 radical (unpaired) electrons. The van der Waals surface area contributed by atoms with E-state index in [0.29, 0.717) is 6.42 Å². The van der Waals surface area contributed by atoms with Crippen molar-refractivity contribution in [2.45, 2.75) is 49.1 Å². The molecule has 1 saturated heterocycles. The smallest absolute Gasteiger partial charge is 0.338 e. The van der Waals surface area contributed by atoms with Crippen LogP contribution in [0, 0.1) is 0 Å². The van der Waals surface area contributed by atoms with Crippen molar-refractivity contribution in [3.63, 3.8) is 0 Å². The number of carbonyl (C=O) groups excluding carboxylic acids is 2. The zero-order chi connectivity index (χ0) is 21.2. The maximum atomic E-state index is 12.8. The van der Waals surface area contributed by atoms with Gasteiger partial charge in [0.1, 0.15) is 0 Å². The molecule has 1 unspecified atom stereocenters. The number of nitrogens with zero attached hydrogens (tertiary/aromatic N) is 1. The Bertz CT molecular complexity index is 978. The number of amides is 1. The van der Waals surface area contributed by atoms with Gasteiger partial charge in [-0.25, -0.2) is 21.6 Å². The van der Waals surface area contributed by atoms with E-state index in [2.05, 4.69) is 0 Å². The zero-order valence-electron chi connectivity index (χ0n) is 16.2.